The molecule has 0 atom stereocenters. The maximum atomic E-state index is 13.5. The molecule has 0 bridgehead atoms. The van der Waals surface area contributed by atoms with Crippen LogP contribution in [-0.4, -0.2) is 16.9 Å². The topological polar surface area (TPSA) is 53.4 Å². The Hall–Kier alpha value is -2.37. The van der Waals surface area contributed by atoms with Crippen molar-refractivity contribution in [3.05, 3.63) is 52.2 Å². The molecule has 1 heterocycles. The molecule has 100 valence electrons. The first kappa shape index (κ1) is 13.1. The number of benzene rings is 1. The molecule has 0 aliphatic rings. The van der Waals surface area contributed by atoms with E-state index in [4.69, 9.17) is 9.47 Å². The summed E-state index contributed by atoms with van der Waals surface area (Å²) in [7, 11) is 1.54. The van der Waals surface area contributed by atoms with Gasteiger partial charge in [0.1, 0.15) is 18.1 Å². The largest absolute Gasteiger partial charge is 0.497 e. The van der Waals surface area contributed by atoms with E-state index in [0.717, 1.165) is 6.07 Å². The second-order valence-corrected chi connectivity index (χ2v) is 3.90. The van der Waals surface area contributed by atoms with Crippen molar-refractivity contribution in [1.29, 1.82) is 0 Å². The van der Waals surface area contributed by atoms with E-state index in [-0.39, 0.29) is 17.2 Å². The van der Waals surface area contributed by atoms with Crippen LogP contribution in [0, 0.1) is 6.92 Å². The number of aromatic nitrogens is 2. The number of halogens is 1. The van der Waals surface area contributed by atoms with Gasteiger partial charge >= 0.3 is 0 Å². The summed E-state index contributed by atoms with van der Waals surface area (Å²) in [5.41, 5.74) is -0.306. The van der Waals surface area contributed by atoms with Gasteiger partial charge in [0.05, 0.1) is 7.11 Å². The van der Waals surface area contributed by atoms with Crippen LogP contribution in [0.2, 0.25) is 0 Å². The van der Waals surface area contributed by atoms with E-state index in [9.17, 15) is 9.28 Å². The number of methoxy groups -OCH3 is 1. The van der Waals surface area contributed by atoms with Crippen LogP contribution in [0.15, 0.2) is 35.1 Å². The third-order valence-corrected chi connectivity index (χ3v) is 2.47. The highest BCUT2D eigenvalue weighted by Gasteiger charge is 2.07. The predicted octanol–water partition coefficient (Wildman–Crippen LogP) is 1.87. The SMILES string of the molecule is COc1cccc(OCc2nc(C)cc(=O)n2F)c1. The Bertz CT molecular complexity index is 640. The Kier molecular flexibility index (Phi) is 3.79. The molecule has 2 rings (SSSR count). The Labute approximate surface area is 109 Å². The van der Waals surface area contributed by atoms with E-state index in [0.29, 0.717) is 17.2 Å². The van der Waals surface area contributed by atoms with Crippen LogP contribution < -0.4 is 15.0 Å². The zero-order valence-electron chi connectivity index (χ0n) is 10.6. The molecule has 6 heteroatoms. The van der Waals surface area contributed by atoms with Crippen LogP contribution in [0.1, 0.15) is 11.5 Å². The van der Waals surface area contributed by atoms with Gasteiger partial charge in [-0.3, -0.25) is 4.79 Å². The molecule has 0 unspecified atom stereocenters. The Morgan fingerprint density at radius 2 is 2.05 bits per heavy atom. The number of nitrogens with zero attached hydrogens (tertiary/aromatic N) is 2. The first-order chi connectivity index (χ1) is 9.10. The van der Waals surface area contributed by atoms with Crippen LogP contribution in [0.25, 0.3) is 0 Å². The van der Waals surface area contributed by atoms with Crippen LogP contribution in [0.4, 0.5) is 4.48 Å². The standard InChI is InChI=1S/C13H13FN2O3/c1-9-6-13(17)16(14)12(15-9)8-19-11-5-3-4-10(7-11)18-2/h3-7H,8H2,1-2H3. The van der Waals surface area contributed by atoms with Crippen molar-refractivity contribution in [2.75, 3.05) is 7.11 Å². The lowest BCUT2D eigenvalue weighted by Gasteiger charge is -2.08. The first-order valence-electron chi connectivity index (χ1n) is 5.63. The Morgan fingerprint density at radius 1 is 1.32 bits per heavy atom. The van der Waals surface area contributed by atoms with Crippen molar-refractivity contribution < 1.29 is 14.0 Å². The van der Waals surface area contributed by atoms with E-state index in [1.54, 1.807) is 38.3 Å². The van der Waals surface area contributed by atoms with Crippen LogP contribution >= 0.6 is 0 Å². The summed E-state index contributed by atoms with van der Waals surface area (Å²) in [5.74, 6) is 1.07. The van der Waals surface area contributed by atoms with Crippen molar-refractivity contribution in [2.45, 2.75) is 13.5 Å². The summed E-state index contributed by atoms with van der Waals surface area (Å²) in [6.07, 6.45) is 0. The molecule has 19 heavy (non-hydrogen) atoms. The van der Waals surface area contributed by atoms with Crippen molar-refractivity contribution in [1.82, 2.24) is 9.77 Å². The number of rotatable bonds is 4. The van der Waals surface area contributed by atoms with E-state index in [1.165, 1.54) is 0 Å². The van der Waals surface area contributed by atoms with Gasteiger partial charge in [-0.2, -0.15) is 0 Å². The summed E-state index contributed by atoms with van der Waals surface area (Å²) in [6.45, 7) is 1.48. The van der Waals surface area contributed by atoms with E-state index < -0.39 is 5.56 Å². The minimum absolute atomic E-state index is 0.0207. The lowest BCUT2D eigenvalue weighted by molar-refractivity contribution is 0.244. The van der Waals surface area contributed by atoms with Gasteiger partial charge in [-0.15, -0.1) is 4.79 Å². The zero-order valence-corrected chi connectivity index (χ0v) is 10.6. The molecule has 0 spiro atoms. The number of hydrogen-bond acceptors (Lipinski definition) is 4. The third-order valence-electron chi connectivity index (χ3n) is 2.47. The van der Waals surface area contributed by atoms with Gasteiger partial charge in [-0.05, 0) is 19.1 Å². The highest BCUT2D eigenvalue weighted by molar-refractivity contribution is 5.32. The number of ether oxygens (including phenoxy) is 2. The fourth-order valence-corrected chi connectivity index (χ4v) is 1.57. The lowest BCUT2D eigenvalue weighted by Crippen LogP contribution is -2.20. The van der Waals surface area contributed by atoms with Crippen LogP contribution in [-0.2, 0) is 6.61 Å². The summed E-state index contributed by atoms with van der Waals surface area (Å²) in [6, 6.07) is 8.01. The second-order valence-electron chi connectivity index (χ2n) is 3.90. The second kappa shape index (κ2) is 5.51. The van der Waals surface area contributed by atoms with E-state index in [2.05, 4.69) is 4.98 Å². The summed E-state index contributed by atoms with van der Waals surface area (Å²) >= 11 is 0. The molecule has 0 aliphatic heterocycles. The molecule has 0 fully saturated rings. The monoisotopic (exact) mass is 264 g/mol. The molecule has 1 aromatic carbocycles. The number of hydrogen-bond donors (Lipinski definition) is 0. The molecular formula is C13H13FN2O3. The molecule has 1 aromatic heterocycles. The summed E-state index contributed by atoms with van der Waals surface area (Å²) in [4.78, 5) is 15.1. The van der Waals surface area contributed by atoms with E-state index in [1.807, 2.05) is 0 Å². The zero-order chi connectivity index (χ0) is 13.8. The van der Waals surface area contributed by atoms with Crippen molar-refractivity contribution in [3.8, 4) is 11.5 Å². The molecule has 0 aliphatic carbocycles. The molecule has 2 aromatic rings. The average molecular weight is 264 g/mol. The fourth-order valence-electron chi connectivity index (χ4n) is 1.57. The minimum atomic E-state index is -0.753. The molecule has 5 nitrogen and oxygen atoms in total. The maximum absolute atomic E-state index is 13.5. The van der Waals surface area contributed by atoms with Crippen molar-refractivity contribution in [3.63, 3.8) is 0 Å². The molecule has 0 saturated carbocycles. The summed E-state index contributed by atoms with van der Waals surface area (Å²) in [5, 5.41) is 0. The summed E-state index contributed by atoms with van der Waals surface area (Å²) < 4.78 is 23.9. The van der Waals surface area contributed by atoms with Gasteiger partial charge in [-0.25, -0.2) is 4.98 Å². The quantitative estimate of drug-likeness (QED) is 0.846. The number of aryl methyl sites for hydroxylation is 1. The maximum Gasteiger partial charge on any atom is 0.282 e. The Morgan fingerprint density at radius 3 is 2.79 bits per heavy atom. The van der Waals surface area contributed by atoms with Gasteiger partial charge in [0, 0.05) is 17.8 Å². The highest BCUT2D eigenvalue weighted by atomic mass is 19.2. The lowest BCUT2D eigenvalue weighted by atomic mass is 10.3. The minimum Gasteiger partial charge on any atom is -0.497 e. The normalized spacial score (nSPS) is 10.3. The van der Waals surface area contributed by atoms with E-state index >= 15 is 0 Å². The average Bonchev–Trinajstić information content (AvgIpc) is 2.41. The van der Waals surface area contributed by atoms with Gasteiger partial charge < -0.3 is 9.47 Å². The van der Waals surface area contributed by atoms with Gasteiger partial charge in [0.2, 0.25) is 0 Å². The molecular weight excluding hydrogens is 251 g/mol. The third kappa shape index (κ3) is 3.09. The molecule has 0 radical (unpaired) electrons. The van der Waals surface area contributed by atoms with Gasteiger partial charge in [-0.1, -0.05) is 10.5 Å². The first-order valence-corrected chi connectivity index (χ1v) is 5.63. The molecule has 0 saturated heterocycles. The van der Waals surface area contributed by atoms with Gasteiger partial charge in [0.25, 0.3) is 5.56 Å². The van der Waals surface area contributed by atoms with Gasteiger partial charge in [0.15, 0.2) is 5.82 Å². The Balaban J connectivity index is 2.16. The highest BCUT2D eigenvalue weighted by Crippen LogP contribution is 2.19. The molecule has 0 amide bonds. The van der Waals surface area contributed by atoms with Crippen molar-refractivity contribution >= 4 is 0 Å². The van der Waals surface area contributed by atoms with Crippen molar-refractivity contribution in [2.24, 2.45) is 0 Å². The molecule has 0 N–H and O–H groups in total. The van der Waals surface area contributed by atoms with Crippen LogP contribution in [0.3, 0.4) is 0 Å². The van der Waals surface area contributed by atoms with Crippen LogP contribution in [0.5, 0.6) is 11.5 Å². The predicted molar refractivity (Wildman–Crippen MR) is 67.1 cm³/mol. The smallest absolute Gasteiger partial charge is 0.282 e. The fraction of sp³-hybridized carbons (Fsp3) is 0.231.